The Labute approximate surface area is 429 Å². The Morgan fingerprint density at radius 2 is 0.944 bits per heavy atom. The lowest BCUT2D eigenvalue weighted by atomic mass is 10.1. The van der Waals surface area contributed by atoms with E-state index in [-0.39, 0.29) is 5.91 Å². The number of benzene rings is 5. The normalized spacial score (nSPS) is 11.0. The molecule has 5 rings (SSSR count). The first-order valence-electron chi connectivity index (χ1n) is 26.7. The van der Waals surface area contributed by atoms with Crippen LogP contribution in [0.4, 0.5) is 0 Å². The highest BCUT2D eigenvalue weighted by Crippen LogP contribution is 2.31. The Hall–Kier alpha value is -5.55. The van der Waals surface area contributed by atoms with Crippen molar-refractivity contribution in [2.75, 3.05) is 73.2 Å². The molecule has 0 atom stereocenters. The van der Waals surface area contributed by atoms with E-state index in [0.29, 0.717) is 50.0 Å². The molecule has 0 fully saturated rings. The zero-order valence-corrected chi connectivity index (χ0v) is 44.6. The monoisotopic (exact) mass is 973 g/mol. The van der Waals surface area contributed by atoms with E-state index in [1.807, 2.05) is 102 Å². The smallest absolute Gasteiger partial charge is 0.254 e. The fraction of sp³-hybridized carbons (Fsp3) is 0.492. The fourth-order valence-electron chi connectivity index (χ4n) is 7.95. The summed E-state index contributed by atoms with van der Waals surface area (Å²) in [6.07, 6.45) is 11.8. The van der Waals surface area contributed by atoms with Crippen molar-refractivity contribution in [1.82, 2.24) is 20.0 Å². The van der Waals surface area contributed by atoms with Gasteiger partial charge in [0.05, 0.1) is 20.8 Å². The summed E-state index contributed by atoms with van der Waals surface area (Å²) in [6, 6.07) is 40.0. The number of carbonyl (C=O) groups excluding carboxylic acids is 1. The molecule has 0 spiro atoms. The molecule has 5 aromatic rings. The van der Waals surface area contributed by atoms with Gasteiger partial charge in [-0.15, -0.1) is 0 Å². The van der Waals surface area contributed by atoms with Gasteiger partial charge in [-0.3, -0.25) is 4.79 Å². The van der Waals surface area contributed by atoms with Crippen molar-refractivity contribution in [2.45, 2.75) is 125 Å². The molecular formula is C61H88N4O6. The van der Waals surface area contributed by atoms with Crippen molar-refractivity contribution in [2.24, 2.45) is 0 Å². The molecule has 5 aromatic carbocycles. The third kappa shape index (κ3) is 22.6. The van der Waals surface area contributed by atoms with E-state index in [0.717, 1.165) is 98.9 Å². The minimum Gasteiger partial charge on any atom is -0.494 e. The van der Waals surface area contributed by atoms with Gasteiger partial charge in [0.1, 0.15) is 19.0 Å². The number of carbonyl (C=O) groups is 1. The number of ether oxygens (including phenoxy) is 5. The van der Waals surface area contributed by atoms with Gasteiger partial charge in [-0.2, -0.15) is 0 Å². The maximum atomic E-state index is 13.9. The summed E-state index contributed by atoms with van der Waals surface area (Å²) in [5, 5.41) is 3.58. The minimum absolute atomic E-state index is 0.0180. The van der Waals surface area contributed by atoms with Crippen molar-refractivity contribution in [3.63, 3.8) is 0 Å². The number of rotatable bonds is 35. The van der Waals surface area contributed by atoms with Crippen LogP contribution in [0.5, 0.6) is 28.7 Å². The van der Waals surface area contributed by atoms with Crippen molar-refractivity contribution in [3.8, 4) is 28.7 Å². The van der Waals surface area contributed by atoms with Gasteiger partial charge in [0.15, 0.2) is 23.0 Å². The molecule has 10 nitrogen and oxygen atoms in total. The van der Waals surface area contributed by atoms with Gasteiger partial charge in [0, 0.05) is 44.8 Å². The number of unbranched alkanes of at least 4 members (excludes halogenated alkanes) is 5. The molecule has 0 unspecified atom stereocenters. The zero-order valence-electron chi connectivity index (χ0n) is 44.6. The van der Waals surface area contributed by atoms with Gasteiger partial charge in [-0.25, -0.2) is 0 Å². The number of nitrogens with one attached hydrogen (secondary N) is 1. The van der Waals surface area contributed by atoms with Crippen LogP contribution in [0, 0.1) is 0 Å². The van der Waals surface area contributed by atoms with Crippen LogP contribution in [0.1, 0.15) is 131 Å². The summed E-state index contributed by atoms with van der Waals surface area (Å²) < 4.78 is 29.1. The fourth-order valence-corrected chi connectivity index (χ4v) is 7.95. The third-order valence-electron chi connectivity index (χ3n) is 12.4. The zero-order chi connectivity index (χ0) is 50.7. The maximum Gasteiger partial charge on any atom is 0.254 e. The first-order chi connectivity index (χ1) is 34.8. The van der Waals surface area contributed by atoms with Crippen LogP contribution in [0.2, 0.25) is 0 Å². The van der Waals surface area contributed by atoms with Gasteiger partial charge in [0.2, 0.25) is 0 Å². The summed E-state index contributed by atoms with van der Waals surface area (Å²) in [5.74, 6) is 3.74. The lowest BCUT2D eigenvalue weighted by Gasteiger charge is -2.28. The standard InChI is InChI=1S/C36H50N2O4.C25H38N2O2/c1-5-8-22-37(23-9-6-2)24-25-38(36(39)32-17-19-33(20-18-32)41-26-10-7-3)28-31-16-21-34(35(27-31)40-4)42-29-30-14-12-11-13-15-30;1-4-6-16-27(17-7-5-2)18-15-26-20-23-13-14-24(25(19-23)28-3)29-21-22-11-9-8-10-12-22/h11-21,27H,5-10,22-26,28-29H2,1-4H3;8-14,19,26H,4-7,15-18,20-21H2,1-3H3. The van der Waals surface area contributed by atoms with Gasteiger partial charge in [-0.05, 0) is 129 Å². The molecule has 0 saturated carbocycles. The lowest BCUT2D eigenvalue weighted by Crippen LogP contribution is -2.39. The van der Waals surface area contributed by atoms with E-state index in [1.54, 1.807) is 14.2 Å². The molecule has 10 heteroatoms. The van der Waals surface area contributed by atoms with Crippen LogP contribution in [-0.2, 0) is 26.3 Å². The number of hydrogen-bond donors (Lipinski definition) is 1. The second kappa shape index (κ2) is 35.5. The predicted octanol–water partition coefficient (Wildman–Crippen LogP) is 13.3. The van der Waals surface area contributed by atoms with Crippen molar-refractivity contribution >= 4 is 5.91 Å². The minimum atomic E-state index is 0.0180. The lowest BCUT2D eigenvalue weighted by molar-refractivity contribution is 0.0720. The highest BCUT2D eigenvalue weighted by molar-refractivity contribution is 5.94. The van der Waals surface area contributed by atoms with Crippen LogP contribution >= 0.6 is 0 Å². The number of methoxy groups -OCH3 is 2. The molecular weight excluding hydrogens is 885 g/mol. The molecule has 1 N–H and O–H groups in total. The van der Waals surface area contributed by atoms with E-state index in [9.17, 15) is 4.79 Å². The van der Waals surface area contributed by atoms with Crippen molar-refractivity contribution < 1.29 is 28.5 Å². The molecule has 0 aliphatic carbocycles. The number of amides is 1. The maximum absolute atomic E-state index is 13.9. The second-order valence-corrected chi connectivity index (χ2v) is 18.2. The van der Waals surface area contributed by atoms with E-state index >= 15 is 0 Å². The average Bonchev–Trinajstić information content (AvgIpc) is 3.41. The summed E-state index contributed by atoms with van der Waals surface area (Å²) >= 11 is 0. The quantitative estimate of drug-likeness (QED) is 0.0399. The molecule has 0 saturated heterocycles. The third-order valence-corrected chi connectivity index (χ3v) is 12.4. The first-order valence-corrected chi connectivity index (χ1v) is 26.7. The molecule has 0 bridgehead atoms. The van der Waals surface area contributed by atoms with E-state index in [1.165, 1.54) is 57.2 Å². The summed E-state index contributed by atoms with van der Waals surface area (Å²) in [6.45, 7) is 22.3. The largest absolute Gasteiger partial charge is 0.494 e. The topological polar surface area (TPSA) is 85.0 Å². The summed E-state index contributed by atoms with van der Waals surface area (Å²) in [7, 11) is 3.35. The molecule has 0 aliphatic rings. The number of nitrogens with zero attached hydrogens (tertiary/aromatic N) is 3. The highest BCUT2D eigenvalue weighted by atomic mass is 16.5. The van der Waals surface area contributed by atoms with Gasteiger partial charge in [0.25, 0.3) is 5.91 Å². The summed E-state index contributed by atoms with van der Waals surface area (Å²) in [5.41, 5.74) is 5.12. The Balaban J connectivity index is 0.000000330. The SMILES string of the molecule is CCCCN(CCCC)CCNCc1ccc(OCc2ccccc2)c(OC)c1.CCCCOc1ccc(C(=O)N(CCN(CCCC)CCCC)Cc2ccc(OCc3ccccc3)c(OC)c2)cc1. The van der Waals surface area contributed by atoms with Crippen molar-refractivity contribution in [3.05, 3.63) is 149 Å². The average molecular weight is 973 g/mol. The van der Waals surface area contributed by atoms with E-state index in [4.69, 9.17) is 23.7 Å². The van der Waals surface area contributed by atoms with Crippen LogP contribution in [0.15, 0.2) is 121 Å². The molecule has 0 aliphatic heterocycles. The van der Waals surface area contributed by atoms with Crippen molar-refractivity contribution in [1.29, 1.82) is 0 Å². The van der Waals surface area contributed by atoms with Crippen LogP contribution in [-0.4, -0.2) is 93.8 Å². The van der Waals surface area contributed by atoms with Crippen LogP contribution in [0.3, 0.4) is 0 Å². The highest BCUT2D eigenvalue weighted by Gasteiger charge is 2.19. The number of hydrogen-bond acceptors (Lipinski definition) is 9. The molecule has 0 radical (unpaired) electrons. The van der Waals surface area contributed by atoms with Gasteiger partial charge in [-0.1, -0.05) is 140 Å². The van der Waals surface area contributed by atoms with Gasteiger partial charge < -0.3 is 43.7 Å². The Kier molecular flexibility index (Phi) is 29.0. The van der Waals surface area contributed by atoms with Crippen LogP contribution < -0.4 is 29.0 Å². The van der Waals surface area contributed by atoms with Crippen LogP contribution in [0.25, 0.3) is 0 Å². The molecule has 1 amide bonds. The molecule has 0 heterocycles. The van der Waals surface area contributed by atoms with Gasteiger partial charge >= 0.3 is 0 Å². The second-order valence-electron chi connectivity index (χ2n) is 18.2. The molecule has 71 heavy (non-hydrogen) atoms. The van der Waals surface area contributed by atoms with E-state index in [2.05, 4.69) is 74.0 Å². The Morgan fingerprint density at radius 1 is 0.465 bits per heavy atom. The predicted molar refractivity (Wildman–Crippen MR) is 293 cm³/mol. The first kappa shape index (κ1) is 58.0. The summed E-state index contributed by atoms with van der Waals surface area (Å²) in [4.78, 5) is 20.9. The Bertz CT molecular complexity index is 2120. The van der Waals surface area contributed by atoms with E-state index < -0.39 is 0 Å². The molecule has 0 aromatic heterocycles. The molecule has 388 valence electrons. The Morgan fingerprint density at radius 3 is 1.44 bits per heavy atom.